The Balaban J connectivity index is 0.895. The number of benzene rings is 10. The van der Waals surface area contributed by atoms with Crippen molar-refractivity contribution in [3.63, 3.8) is 0 Å². The molecule has 4 nitrogen and oxygen atoms in total. The Morgan fingerprint density at radius 1 is 0.227 bits per heavy atom. The molecule has 0 saturated carbocycles. The number of aromatic nitrogens is 4. The highest BCUT2D eigenvalue weighted by Gasteiger charge is 2.28. The third kappa shape index (κ3) is 5.03. The Morgan fingerprint density at radius 2 is 0.545 bits per heavy atom. The number of nitrogens with zero attached hydrogens (tertiary/aromatic N) is 4. The van der Waals surface area contributed by atoms with E-state index in [2.05, 4.69) is 237 Å². The number of hydrogen-bond donors (Lipinski definition) is 0. The normalized spacial score (nSPS) is 12.7. The first-order valence-electron chi connectivity index (χ1n) is 22.4. The Kier molecular flexibility index (Phi) is 7.62. The van der Waals surface area contributed by atoms with Crippen molar-refractivity contribution in [2.45, 2.75) is 19.6 Å². The molecule has 0 fully saturated rings. The molecule has 5 heterocycles. The molecule has 1 aliphatic rings. The maximum atomic E-state index is 2.48. The first-order valence-corrected chi connectivity index (χ1v) is 24.1. The van der Waals surface area contributed by atoms with Gasteiger partial charge in [0.05, 0.1) is 44.1 Å². The highest BCUT2D eigenvalue weighted by Crippen LogP contribution is 2.56. The summed E-state index contributed by atoms with van der Waals surface area (Å²) in [6.45, 7) is 0. The van der Waals surface area contributed by atoms with Gasteiger partial charge in [0.15, 0.2) is 0 Å². The summed E-state index contributed by atoms with van der Waals surface area (Å²) in [7, 11) is 0. The average molecular weight is 877 g/mol. The summed E-state index contributed by atoms with van der Waals surface area (Å²) in [6.07, 6.45) is 0. The number of para-hydroxylation sites is 6. The lowest BCUT2D eigenvalue weighted by atomic mass is 10.1. The van der Waals surface area contributed by atoms with Gasteiger partial charge in [-0.05, 0) is 109 Å². The molecule has 10 aromatic carbocycles. The highest BCUT2D eigenvalue weighted by molar-refractivity contribution is 8.05. The van der Waals surface area contributed by atoms with Gasteiger partial charge in [0.25, 0.3) is 0 Å². The van der Waals surface area contributed by atoms with E-state index in [0.29, 0.717) is 0 Å². The van der Waals surface area contributed by atoms with E-state index < -0.39 is 0 Å². The lowest BCUT2D eigenvalue weighted by Crippen LogP contribution is -1.97. The maximum absolute atomic E-state index is 2.48. The predicted octanol–water partition coefficient (Wildman–Crippen LogP) is 16.7. The van der Waals surface area contributed by atoms with Crippen LogP contribution in [0, 0.1) is 0 Å². The number of fused-ring (bicyclic) bond motifs is 16. The summed E-state index contributed by atoms with van der Waals surface area (Å²) >= 11 is 3.85. The Hall–Kier alpha value is -7.90. The largest absolute Gasteiger partial charge is 0.309 e. The lowest BCUT2D eigenvalue weighted by Gasteiger charge is -2.21. The van der Waals surface area contributed by atoms with E-state index in [0.717, 1.165) is 11.4 Å². The van der Waals surface area contributed by atoms with Crippen molar-refractivity contribution in [2.75, 3.05) is 0 Å². The molecule has 0 amide bonds. The van der Waals surface area contributed by atoms with Crippen LogP contribution in [0.2, 0.25) is 0 Å². The van der Waals surface area contributed by atoms with Gasteiger partial charge in [0, 0.05) is 85.4 Å². The van der Waals surface area contributed by atoms with Gasteiger partial charge in [-0.1, -0.05) is 133 Å². The second-order valence-corrected chi connectivity index (χ2v) is 19.4. The minimum Gasteiger partial charge on any atom is -0.309 e. The van der Waals surface area contributed by atoms with Gasteiger partial charge in [-0.3, -0.25) is 0 Å². The highest BCUT2D eigenvalue weighted by atomic mass is 32.2. The van der Waals surface area contributed by atoms with Gasteiger partial charge in [-0.15, -0.1) is 0 Å². The second-order valence-electron chi connectivity index (χ2n) is 17.3. The van der Waals surface area contributed by atoms with E-state index in [9.17, 15) is 0 Å². The first-order chi connectivity index (χ1) is 32.8. The standard InChI is InChI=1S/C60H36N4S2/c1-3-15-37(16-4-1)61-47-23-11-7-19-41(47)45-35-39(27-29-51(45)61)63-49-25-13-9-21-43(49)57-53(63)31-33-55-59(57)65-56-34-32-54-58(60(56)66-55)44-22-10-14-26-50(44)64(54)40-28-30-52-46(36-40)42-20-8-12-24-48(42)62(52)38-17-5-2-6-18-38/h1-36H. The molecular formula is C60H36N4S2. The van der Waals surface area contributed by atoms with Crippen molar-refractivity contribution >= 4 is 111 Å². The zero-order valence-electron chi connectivity index (χ0n) is 35.4. The summed E-state index contributed by atoms with van der Waals surface area (Å²) < 4.78 is 9.73. The Morgan fingerprint density at radius 3 is 0.970 bits per heavy atom. The van der Waals surface area contributed by atoms with Crippen LogP contribution in [0.1, 0.15) is 0 Å². The molecule has 66 heavy (non-hydrogen) atoms. The van der Waals surface area contributed by atoms with Crippen LogP contribution in [-0.4, -0.2) is 18.3 Å². The van der Waals surface area contributed by atoms with Gasteiger partial charge in [0.2, 0.25) is 0 Å². The van der Waals surface area contributed by atoms with E-state index >= 15 is 0 Å². The maximum Gasteiger partial charge on any atom is 0.0553 e. The molecule has 14 aromatic rings. The summed E-state index contributed by atoms with van der Waals surface area (Å²) in [5.74, 6) is 0. The van der Waals surface area contributed by atoms with Crippen molar-refractivity contribution in [2.24, 2.45) is 0 Å². The third-order valence-electron chi connectivity index (χ3n) is 13.8. The topological polar surface area (TPSA) is 19.7 Å². The zero-order valence-corrected chi connectivity index (χ0v) is 37.0. The van der Waals surface area contributed by atoms with E-state index in [1.165, 1.54) is 118 Å². The monoisotopic (exact) mass is 876 g/mol. The molecule has 0 N–H and O–H groups in total. The second kappa shape index (κ2) is 13.8. The van der Waals surface area contributed by atoms with Crippen molar-refractivity contribution in [1.82, 2.24) is 18.3 Å². The lowest BCUT2D eigenvalue weighted by molar-refractivity contribution is 1.15. The van der Waals surface area contributed by atoms with E-state index in [-0.39, 0.29) is 0 Å². The quantitative estimate of drug-likeness (QED) is 0.175. The zero-order chi connectivity index (χ0) is 43.0. The molecular weight excluding hydrogens is 841 g/mol. The van der Waals surface area contributed by atoms with Gasteiger partial charge in [0.1, 0.15) is 0 Å². The molecule has 0 aliphatic carbocycles. The molecule has 4 aromatic heterocycles. The summed E-state index contributed by atoms with van der Waals surface area (Å²) in [6, 6.07) is 80.3. The van der Waals surface area contributed by atoms with Crippen molar-refractivity contribution < 1.29 is 0 Å². The number of rotatable bonds is 4. The molecule has 1 aliphatic heterocycles. The molecule has 0 radical (unpaired) electrons. The van der Waals surface area contributed by atoms with Gasteiger partial charge in [-0.25, -0.2) is 0 Å². The molecule has 0 spiro atoms. The Labute approximate surface area is 387 Å². The molecule has 0 bridgehead atoms. The summed E-state index contributed by atoms with van der Waals surface area (Å²) in [5, 5.41) is 10.2. The fraction of sp³-hybridized carbons (Fsp3) is 0. The SMILES string of the molecule is c1ccc(-n2c3ccccc3c3cc(-n4c5ccccc5c5c6c(ccc54)Sc4c(ccc5c4c4ccccc4n5-c4ccc5c(c4)c4ccccc4n5-c4ccccc4)S6)ccc32)cc1. The van der Waals surface area contributed by atoms with Crippen LogP contribution < -0.4 is 0 Å². The van der Waals surface area contributed by atoms with Crippen molar-refractivity contribution in [3.8, 4) is 22.7 Å². The third-order valence-corrected chi connectivity index (χ3v) is 16.4. The molecule has 0 saturated heterocycles. The minimum atomic E-state index is 1.16. The molecule has 0 atom stereocenters. The summed E-state index contributed by atoms with van der Waals surface area (Å²) in [4.78, 5) is 5.24. The first kappa shape index (κ1) is 36.4. The van der Waals surface area contributed by atoms with Crippen LogP contribution in [0.4, 0.5) is 0 Å². The fourth-order valence-electron chi connectivity index (χ4n) is 11.1. The molecule has 6 heteroatoms. The fourth-order valence-corrected chi connectivity index (χ4v) is 13.6. The summed E-state index contributed by atoms with van der Waals surface area (Å²) in [5.41, 5.74) is 14.4. The smallest absolute Gasteiger partial charge is 0.0553 e. The minimum absolute atomic E-state index is 1.16. The van der Waals surface area contributed by atoms with Crippen LogP contribution in [0.25, 0.3) is 110 Å². The average Bonchev–Trinajstić information content (AvgIpc) is 4.11. The molecule has 15 rings (SSSR count). The van der Waals surface area contributed by atoms with Crippen LogP contribution in [-0.2, 0) is 0 Å². The predicted molar refractivity (Wildman–Crippen MR) is 278 cm³/mol. The van der Waals surface area contributed by atoms with Gasteiger partial charge in [-0.2, -0.15) is 0 Å². The van der Waals surface area contributed by atoms with Crippen LogP contribution in [0.3, 0.4) is 0 Å². The molecule has 0 unspecified atom stereocenters. The molecule has 308 valence electrons. The Bertz CT molecular complexity index is 4060. The number of hydrogen-bond acceptors (Lipinski definition) is 2. The van der Waals surface area contributed by atoms with E-state index in [4.69, 9.17) is 0 Å². The van der Waals surface area contributed by atoms with Crippen LogP contribution in [0.5, 0.6) is 0 Å². The van der Waals surface area contributed by atoms with Crippen LogP contribution in [0.15, 0.2) is 238 Å². The van der Waals surface area contributed by atoms with Crippen molar-refractivity contribution in [3.05, 3.63) is 218 Å². The van der Waals surface area contributed by atoms with Crippen LogP contribution >= 0.6 is 23.5 Å². The van der Waals surface area contributed by atoms with Gasteiger partial charge >= 0.3 is 0 Å². The van der Waals surface area contributed by atoms with E-state index in [1.807, 2.05) is 23.5 Å². The van der Waals surface area contributed by atoms with Crippen molar-refractivity contribution in [1.29, 1.82) is 0 Å². The van der Waals surface area contributed by atoms with Gasteiger partial charge < -0.3 is 18.3 Å². The van der Waals surface area contributed by atoms with E-state index in [1.54, 1.807) is 0 Å².